The molecule has 2 nitrogen and oxygen atoms in total. The molecule has 0 N–H and O–H groups in total. The third-order valence-electron chi connectivity index (χ3n) is 4.88. The lowest BCUT2D eigenvalue weighted by molar-refractivity contribution is -0.135. The Bertz CT molecular complexity index is 508. The maximum Gasteiger partial charge on any atom is 0.147 e. The van der Waals surface area contributed by atoms with E-state index in [2.05, 4.69) is 6.07 Å². The number of Topliss-reactive ketones (excluding diaryl/α,β-unsaturated/α-hetero) is 1. The molecule has 2 heteroatoms. The van der Waals surface area contributed by atoms with Crippen LogP contribution in [0.25, 0.3) is 0 Å². The van der Waals surface area contributed by atoms with Gasteiger partial charge in [-0.15, -0.1) is 0 Å². The molecule has 0 aromatic heterocycles. The van der Waals surface area contributed by atoms with Gasteiger partial charge in [0.15, 0.2) is 0 Å². The summed E-state index contributed by atoms with van der Waals surface area (Å²) in [6.07, 6.45) is 2.83. The van der Waals surface area contributed by atoms with Crippen LogP contribution in [0.15, 0.2) is 30.3 Å². The van der Waals surface area contributed by atoms with Gasteiger partial charge in [0.1, 0.15) is 5.78 Å². The van der Waals surface area contributed by atoms with Crippen LogP contribution in [-0.2, 0) is 4.79 Å². The SMILES string of the molecule is C[C@@H](C(=O)C12CC(CC1C#N)C2)c1ccccc1. The van der Waals surface area contributed by atoms with Crippen LogP contribution < -0.4 is 0 Å². The number of carbonyl (C=O) groups excluding carboxylic acids is 1. The van der Waals surface area contributed by atoms with E-state index in [4.69, 9.17) is 0 Å². The smallest absolute Gasteiger partial charge is 0.147 e. The second kappa shape index (κ2) is 3.95. The molecular weight excluding hydrogens is 222 g/mol. The summed E-state index contributed by atoms with van der Waals surface area (Å²) in [4.78, 5) is 12.7. The van der Waals surface area contributed by atoms with Gasteiger partial charge in [-0.3, -0.25) is 4.79 Å². The Kier molecular flexibility index (Phi) is 2.52. The maximum absolute atomic E-state index is 12.7. The van der Waals surface area contributed by atoms with Gasteiger partial charge in [-0.2, -0.15) is 5.26 Å². The molecule has 0 spiro atoms. The number of hydrogen-bond acceptors (Lipinski definition) is 2. The molecule has 1 aromatic rings. The number of carbonyl (C=O) groups is 1. The van der Waals surface area contributed by atoms with E-state index in [0.29, 0.717) is 5.92 Å². The van der Waals surface area contributed by atoms with Crippen LogP contribution in [0, 0.1) is 28.6 Å². The Hall–Kier alpha value is -1.62. The van der Waals surface area contributed by atoms with Crippen molar-refractivity contribution in [2.24, 2.45) is 17.3 Å². The fourth-order valence-corrected chi connectivity index (χ4v) is 3.85. The topological polar surface area (TPSA) is 40.9 Å². The largest absolute Gasteiger partial charge is 0.298 e. The highest BCUT2D eigenvalue weighted by Gasteiger charge is 2.62. The molecule has 3 saturated carbocycles. The fraction of sp³-hybridized carbons (Fsp3) is 0.500. The first kappa shape index (κ1) is 11.5. The van der Waals surface area contributed by atoms with E-state index < -0.39 is 0 Å². The van der Waals surface area contributed by atoms with Gasteiger partial charge in [-0.1, -0.05) is 37.3 Å². The molecule has 1 unspecified atom stereocenters. The number of ketones is 1. The van der Waals surface area contributed by atoms with Crippen molar-refractivity contribution in [1.29, 1.82) is 5.26 Å². The molecule has 0 aliphatic heterocycles. The zero-order valence-electron chi connectivity index (χ0n) is 10.6. The van der Waals surface area contributed by atoms with Gasteiger partial charge in [-0.05, 0) is 30.7 Å². The first-order valence-electron chi connectivity index (χ1n) is 6.66. The minimum Gasteiger partial charge on any atom is -0.298 e. The Morgan fingerprint density at radius 3 is 2.67 bits per heavy atom. The third kappa shape index (κ3) is 1.43. The van der Waals surface area contributed by atoms with Crippen molar-refractivity contribution in [3.05, 3.63) is 35.9 Å². The van der Waals surface area contributed by atoms with Crippen molar-refractivity contribution >= 4 is 5.78 Å². The summed E-state index contributed by atoms with van der Waals surface area (Å²) in [5.41, 5.74) is 0.762. The highest BCUT2D eigenvalue weighted by Crippen LogP contribution is 2.63. The number of nitriles is 1. The summed E-state index contributed by atoms with van der Waals surface area (Å²) in [7, 11) is 0. The van der Waals surface area contributed by atoms with E-state index in [9.17, 15) is 10.1 Å². The highest BCUT2D eigenvalue weighted by molar-refractivity contribution is 5.92. The molecule has 3 aliphatic rings. The predicted molar refractivity (Wildman–Crippen MR) is 68.7 cm³/mol. The third-order valence-corrected chi connectivity index (χ3v) is 4.88. The van der Waals surface area contributed by atoms with E-state index in [0.717, 1.165) is 24.8 Å². The first-order valence-corrected chi connectivity index (χ1v) is 6.66. The molecule has 18 heavy (non-hydrogen) atoms. The molecule has 3 fully saturated rings. The summed E-state index contributed by atoms with van der Waals surface area (Å²) in [6.45, 7) is 1.98. The minimum atomic E-state index is -0.311. The predicted octanol–water partition coefficient (Wildman–Crippen LogP) is 3.30. The maximum atomic E-state index is 12.7. The lowest BCUT2D eigenvalue weighted by Gasteiger charge is -2.40. The number of benzene rings is 1. The van der Waals surface area contributed by atoms with Gasteiger partial charge in [0.2, 0.25) is 0 Å². The summed E-state index contributed by atoms with van der Waals surface area (Å²) >= 11 is 0. The van der Waals surface area contributed by atoms with Crippen molar-refractivity contribution < 1.29 is 4.79 Å². The quantitative estimate of drug-likeness (QED) is 0.812. The number of hydrogen-bond donors (Lipinski definition) is 0. The summed E-state index contributed by atoms with van der Waals surface area (Å²) < 4.78 is 0. The van der Waals surface area contributed by atoms with E-state index in [1.54, 1.807) is 0 Å². The van der Waals surface area contributed by atoms with Crippen LogP contribution in [0.5, 0.6) is 0 Å². The Morgan fingerprint density at radius 1 is 1.39 bits per heavy atom. The molecule has 0 heterocycles. The zero-order valence-corrected chi connectivity index (χ0v) is 10.6. The van der Waals surface area contributed by atoms with Gasteiger partial charge in [0.25, 0.3) is 0 Å². The number of fused-ring (bicyclic) bond motifs is 1. The van der Waals surface area contributed by atoms with Crippen molar-refractivity contribution in [1.82, 2.24) is 0 Å². The van der Waals surface area contributed by atoms with Crippen molar-refractivity contribution in [2.45, 2.75) is 32.1 Å². The lowest BCUT2D eigenvalue weighted by Crippen LogP contribution is -2.42. The summed E-state index contributed by atoms with van der Waals surface area (Å²) in [5, 5.41) is 9.23. The average Bonchev–Trinajstić information content (AvgIpc) is 2.92. The van der Waals surface area contributed by atoms with E-state index in [-0.39, 0.29) is 23.0 Å². The summed E-state index contributed by atoms with van der Waals surface area (Å²) in [6, 6.07) is 12.3. The number of rotatable bonds is 3. The van der Waals surface area contributed by atoms with Crippen LogP contribution >= 0.6 is 0 Å². The standard InChI is InChI=1S/C16H17NO/c1-11(13-5-3-2-4-6-13)15(18)16-8-12(9-16)7-14(16)10-17/h2-6,11-12,14H,7-9H2,1H3/t11-,12?,14?,16?/m1/s1. The fourth-order valence-electron chi connectivity index (χ4n) is 3.85. The molecule has 0 saturated heterocycles. The molecule has 3 aliphatic carbocycles. The second-order valence-corrected chi connectivity index (χ2v) is 5.84. The molecule has 2 atom stereocenters. The lowest BCUT2D eigenvalue weighted by atomic mass is 9.61. The average molecular weight is 239 g/mol. The van der Waals surface area contributed by atoms with Crippen LogP contribution in [0.4, 0.5) is 0 Å². The Balaban J connectivity index is 1.86. The van der Waals surface area contributed by atoms with Gasteiger partial charge in [-0.25, -0.2) is 0 Å². The van der Waals surface area contributed by atoms with E-state index in [1.807, 2.05) is 37.3 Å². The summed E-state index contributed by atoms with van der Waals surface area (Å²) in [5.74, 6) is 0.790. The van der Waals surface area contributed by atoms with Crippen LogP contribution in [-0.4, -0.2) is 5.78 Å². The zero-order chi connectivity index (χ0) is 12.8. The molecule has 1 aromatic carbocycles. The van der Waals surface area contributed by atoms with Gasteiger partial charge >= 0.3 is 0 Å². The minimum absolute atomic E-state index is 0.0406. The Morgan fingerprint density at radius 2 is 2.06 bits per heavy atom. The van der Waals surface area contributed by atoms with E-state index >= 15 is 0 Å². The van der Waals surface area contributed by atoms with Crippen molar-refractivity contribution in [3.8, 4) is 6.07 Å². The first-order chi connectivity index (χ1) is 8.67. The number of nitrogens with zero attached hydrogens (tertiary/aromatic N) is 1. The molecule has 4 rings (SSSR count). The van der Waals surface area contributed by atoms with Crippen molar-refractivity contribution in [3.63, 3.8) is 0 Å². The monoisotopic (exact) mass is 239 g/mol. The van der Waals surface area contributed by atoms with Crippen molar-refractivity contribution in [2.75, 3.05) is 0 Å². The van der Waals surface area contributed by atoms with Gasteiger partial charge < -0.3 is 0 Å². The van der Waals surface area contributed by atoms with Gasteiger partial charge in [0, 0.05) is 11.3 Å². The molecule has 0 radical (unpaired) electrons. The van der Waals surface area contributed by atoms with E-state index in [1.165, 1.54) is 0 Å². The Labute approximate surface area is 108 Å². The highest BCUT2D eigenvalue weighted by atomic mass is 16.1. The molecule has 0 amide bonds. The second-order valence-electron chi connectivity index (χ2n) is 5.84. The normalized spacial score (nSPS) is 34.4. The molecule has 2 bridgehead atoms. The van der Waals surface area contributed by atoms with Crippen LogP contribution in [0.2, 0.25) is 0 Å². The van der Waals surface area contributed by atoms with Crippen LogP contribution in [0.3, 0.4) is 0 Å². The van der Waals surface area contributed by atoms with Crippen LogP contribution in [0.1, 0.15) is 37.7 Å². The molecule has 92 valence electrons. The van der Waals surface area contributed by atoms with Gasteiger partial charge in [0.05, 0.1) is 12.0 Å². The molecular formula is C16H17NO.